The summed E-state index contributed by atoms with van der Waals surface area (Å²) in [5.74, 6) is -0.423. The smallest absolute Gasteiger partial charge is 0.235 e. The zero-order valence-electron chi connectivity index (χ0n) is 10.0. The van der Waals surface area contributed by atoms with E-state index < -0.39 is 11.4 Å². The summed E-state index contributed by atoms with van der Waals surface area (Å²) in [5.41, 5.74) is -0.199. The van der Waals surface area contributed by atoms with Crippen molar-refractivity contribution in [3.05, 3.63) is 28.5 Å². The molecule has 0 heterocycles. The zero-order chi connectivity index (χ0) is 13.2. The van der Waals surface area contributed by atoms with Crippen molar-refractivity contribution in [3.8, 4) is 5.75 Å². The number of nitrogens with zero attached hydrogens (tertiary/aromatic N) is 1. The maximum Gasteiger partial charge on any atom is 0.235 e. The Morgan fingerprint density at radius 2 is 2.11 bits per heavy atom. The molecule has 0 amide bonds. The zero-order valence-corrected chi connectivity index (χ0v) is 10.8. The third-order valence-corrected chi connectivity index (χ3v) is 3.62. The molecule has 3 nitrogen and oxygen atoms in total. The van der Waals surface area contributed by atoms with Gasteiger partial charge < -0.3 is 4.74 Å². The Hall–Kier alpha value is -1.38. The molecule has 0 aliphatic heterocycles. The van der Waals surface area contributed by atoms with Crippen molar-refractivity contribution in [1.82, 2.24) is 0 Å². The van der Waals surface area contributed by atoms with E-state index in [-0.39, 0.29) is 10.8 Å². The molecule has 0 bridgehead atoms. The number of ether oxygens (including phenoxy) is 1. The molecule has 5 heteroatoms. The lowest BCUT2D eigenvalue weighted by Crippen LogP contribution is -2.20. The second-order valence-electron chi connectivity index (χ2n) is 4.41. The van der Waals surface area contributed by atoms with Crippen molar-refractivity contribution >= 4 is 17.7 Å². The summed E-state index contributed by atoms with van der Waals surface area (Å²) in [7, 11) is 1.39. The van der Waals surface area contributed by atoms with Crippen LogP contribution < -0.4 is 4.74 Å². The Kier molecular flexibility index (Phi) is 3.69. The number of rotatable bonds is 3. The number of isocyanates is 1. The Morgan fingerprint density at radius 3 is 2.67 bits per heavy atom. The normalized spacial score (nSPS) is 17.3. The maximum atomic E-state index is 13.8. The van der Waals surface area contributed by atoms with Gasteiger partial charge in [-0.25, -0.2) is 9.18 Å². The van der Waals surface area contributed by atoms with Crippen LogP contribution in [0.25, 0.3) is 0 Å². The molecule has 0 aromatic heterocycles. The molecule has 2 rings (SSSR count). The maximum absolute atomic E-state index is 13.8. The minimum atomic E-state index is -0.737. The highest BCUT2D eigenvalue weighted by Gasteiger charge is 2.39. The van der Waals surface area contributed by atoms with Crippen LogP contribution >= 0.6 is 11.6 Å². The second-order valence-corrected chi connectivity index (χ2v) is 4.85. The first-order valence-electron chi connectivity index (χ1n) is 5.75. The van der Waals surface area contributed by atoms with Crippen molar-refractivity contribution in [2.24, 2.45) is 4.99 Å². The number of carbonyl (C=O) groups excluding carboxylic acids is 1. The van der Waals surface area contributed by atoms with Gasteiger partial charge in [-0.3, -0.25) is 0 Å². The summed E-state index contributed by atoms with van der Waals surface area (Å²) in [6, 6.07) is 2.81. The molecule has 0 unspecified atom stereocenters. The molecule has 1 aromatic rings. The SMILES string of the molecule is COc1c(F)cc(Cl)cc1C1(N=C=O)CCCC1. The van der Waals surface area contributed by atoms with Gasteiger partial charge in [0.25, 0.3) is 0 Å². The van der Waals surface area contributed by atoms with Gasteiger partial charge in [0.2, 0.25) is 6.08 Å². The fourth-order valence-corrected chi connectivity index (χ4v) is 2.81. The third-order valence-electron chi connectivity index (χ3n) is 3.40. The van der Waals surface area contributed by atoms with Gasteiger partial charge in [-0.05, 0) is 25.0 Å². The highest BCUT2D eigenvalue weighted by atomic mass is 35.5. The van der Waals surface area contributed by atoms with Crippen LogP contribution in [0.2, 0.25) is 5.02 Å². The minimum Gasteiger partial charge on any atom is -0.493 e. The van der Waals surface area contributed by atoms with Crippen molar-refractivity contribution < 1.29 is 13.9 Å². The standard InChI is InChI=1S/C13H13ClFNO2/c1-18-12-10(6-9(14)7-11(12)15)13(16-8-17)4-2-3-5-13/h6-7H,2-5H2,1H3. The molecule has 1 saturated carbocycles. The summed E-state index contributed by atoms with van der Waals surface area (Å²) < 4.78 is 18.9. The van der Waals surface area contributed by atoms with Crippen LogP contribution in [-0.2, 0) is 10.3 Å². The molecule has 1 aromatic carbocycles. The lowest BCUT2D eigenvalue weighted by Gasteiger charge is -2.25. The van der Waals surface area contributed by atoms with Crippen molar-refractivity contribution in [2.75, 3.05) is 7.11 Å². The molecule has 1 fully saturated rings. The Morgan fingerprint density at radius 1 is 1.44 bits per heavy atom. The average Bonchev–Trinajstić information content (AvgIpc) is 2.78. The molecule has 1 aliphatic rings. The first-order chi connectivity index (χ1) is 8.63. The first-order valence-corrected chi connectivity index (χ1v) is 6.13. The van der Waals surface area contributed by atoms with E-state index in [2.05, 4.69) is 4.99 Å². The number of benzene rings is 1. The molecule has 0 atom stereocenters. The van der Waals surface area contributed by atoms with Crippen LogP contribution in [0.3, 0.4) is 0 Å². The predicted molar refractivity (Wildman–Crippen MR) is 66.2 cm³/mol. The minimum absolute atomic E-state index is 0.111. The van der Waals surface area contributed by atoms with Crippen LogP contribution in [0.15, 0.2) is 17.1 Å². The Balaban J connectivity index is 2.64. The summed E-state index contributed by atoms with van der Waals surface area (Å²) in [4.78, 5) is 14.6. The van der Waals surface area contributed by atoms with Crippen molar-refractivity contribution in [1.29, 1.82) is 0 Å². The number of aliphatic imine (C=N–C) groups is 1. The summed E-state index contributed by atoms with van der Waals surface area (Å²) in [5, 5.41) is 0.274. The van der Waals surface area contributed by atoms with E-state index in [0.29, 0.717) is 18.4 Å². The van der Waals surface area contributed by atoms with Crippen LogP contribution in [-0.4, -0.2) is 13.2 Å². The summed E-state index contributed by atoms with van der Waals surface area (Å²) in [6.07, 6.45) is 4.82. The van der Waals surface area contributed by atoms with Gasteiger partial charge >= 0.3 is 0 Å². The van der Waals surface area contributed by atoms with E-state index in [1.165, 1.54) is 13.2 Å². The molecule has 1 aliphatic carbocycles. The van der Waals surface area contributed by atoms with Gasteiger partial charge in [-0.15, -0.1) is 0 Å². The summed E-state index contributed by atoms with van der Waals surface area (Å²) >= 11 is 5.88. The molecule has 96 valence electrons. The molecular formula is C13H13ClFNO2. The van der Waals surface area contributed by atoms with Gasteiger partial charge in [0.15, 0.2) is 11.6 Å². The van der Waals surface area contributed by atoms with Crippen LogP contribution in [0.4, 0.5) is 4.39 Å². The first kappa shape index (κ1) is 13.1. The highest BCUT2D eigenvalue weighted by molar-refractivity contribution is 6.30. The molecule has 0 spiro atoms. The van der Waals surface area contributed by atoms with Gasteiger partial charge in [-0.2, -0.15) is 4.99 Å². The molecule has 18 heavy (non-hydrogen) atoms. The largest absolute Gasteiger partial charge is 0.493 e. The average molecular weight is 270 g/mol. The number of halogens is 2. The lowest BCUT2D eigenvalue weighted by molar-refractivity contribution is 0.357. The highest BCUT2D eigenvalue weighted by Crippen LogP contribution is 2.47. The number of hydrogen-bond donors (Lipinski definition) is 0. The third kappa shape index (κ3) is 2.14. The monoisotopic (exact) mass is 269 g/mol. The van der Waals surface area contributed by atoms with Crippen molar-refractivity contribution in [3.63, 3.8) is 0 Å². The van der Waals surface area contributed by atoms with E-state index in [9.17, 15) is 9.18 Å². The number of methoxy groups -OCH3 is 1. The van der Waals surface area contributed by atoms with E-state index >= 15 is 0 Å². The lowest BCUT2D eigenvalue weighted by atomic mass is 9.88. The summed E-state index contributed by atoms with van der Waals surface area (Å²) in [6.45, 7) is 0. The fraction of sp³-hybridized carbons (Fsp3) is 0.462. The van der Waals surface area contributed by atoms with Gasteiger partial charge in [-0.1, -0.05) is 24.4 Å². The molecule has 0 N–H and O–H groups in total. The van der Waals surface area contributed by atoms with Crippen LogP contribution in [0.5, 0.6) is 5.75 Å². The van der Waals surface area contributed by atoms with E-state index in [1.54, 1.807) is 12.1 Å². The van der Waals surface area contributed by atoms with Gasteiger partial charge in [0.1, 0.15) is 5.54 Å². The number of hydrogen-bond acceptors (Lipinski definition) is 3. The van der Waals surface area contributed by atoms with Crippen LogP contribution in [0.1, 0.15) is 31.2 Å². The predicted octanol–water partition coefficient (Wildman–Crippen LogP) is 3.59. The quantitative estimate of drug-likeness (QED) is 0.621. The Bertz CT molecular complexity index is 506. The molecule has 0 radical (unpaired) electrons. The fourth-order valence-electron chi connectivity index (χ4n) is 2.60. The Labute approximate surface area is 110 Å². The van der Waals surface area contributed by atoms with Gasteiger partial charge in [0, 0.05) is 10.6 Å². The molecular weight excluding hydrogens is 257 g/mol. The second kappa shape index (κ2) is 5.09. The van der Waals surface area contributed by atoms with Gasteiger partial charge in [0.05, 0.1) is 7.11 Å². The van der Waals surface area contributed by atoms with E-state index in [0.717, 1.165) is 12.8 Å². The van der Waals surface area contributed by atoms with Crippen LogP contribution in [0, 0.1) is 5.82 Å². The van der Waals surface area contributed by atoms with Crippen molar-refractivity contribution in [2.45, 2.75) is 31.2 Å². The van der Waals surface area contributed by atoms with E-state index in [1.807, 2.05) is 0 Å². The van der Waals surface area contributed by atoms with E-state index in [4.69, 9.17) is 16.3 Å². The molecule has 0 saturated heterocycles. The topological polar surface area (TPSA) is 38.7 Å².